The number of nitrogens with zero attached hydrogens (tertiary/aromatic N) is 1. The summed E-state index contributed by atoms with van der Waals surface area (Å²) in [6, 6.07) is 4.58. The lowest BCUT2D eigenvalue weighted by molar-refractivity contribution is -0.126. The van der Waals surface area contributed by atoms with E-state index in [4.69, 9.17) is 15.2 Å². The molecule has 2 aliphatic heterocycles. The van der Waals surface area contributed by atoms with Gasteiger partial charge < -0.3 is 20.5 Å². The molecule has 1 aromatic carbocycles. The molecule has 2 heterocycles. The fourth-order valence-electron chi connectivity index (χ4n) is 3.11. The Morgan fingerprint density at radius 2 is 1.89 bits per heavy atom. The quantitative estimate of drug-likeness (QED) is 0.728. The number of rotatable bonds is 5. The lowest BCUT2D eigenvalue weighted by Gasteiger charge is -2.31. The summed E-state index contributed by atoms with van der Waals surface area (Å²) in [6.07, 6.45) is 0.986. The number of carbonyl (C=O) groups is 1. The maximum Gasteiger partial charge on any atom is 0.243 e. The molecule has 1 atom stereocenters. The number of sulfonamides is 1. The summed E-state index contributed by atoms with van der Waals surface area (Å²) in [6.45, 7) is 3.70. The van der Waals surface area contributed by atoms with Crippen molar-refractivity contribution < 1.29 is 22.7 Å². The molecule has 0 aliphatic carbocycles. The summed E-state index contributed by atoms with van der Waals surface area (Å²) in [7, 11) is -3.63. The van der Waals surface area contributed by atoms with Gasteiger partial charge in [-0.15, -0.1) is 12.4 Å². The first-order valence-electron chi connectivity index (χ1n) is 8.82. The lowest BCUT2D eigenvalue weighted by atomic mass is 9.97. The average Bonchev–Trinajstić information content (AvgIpc) is 2.67. The first-order chi connectivity index (χ1) is 12.4. The predicted octanol–water partition coefficient (Wildman–Crippen LogP) is 0.744. The van der Waals surface area contributed by atoms with E-state index in [0.29, 0.717) is 57.2 Å². The minimum Gasteiger partial charge on any atom is -0.486 e. The van der Waals surface area contributed by atoms with Crippen LogP contribution in [0.1, 0.15) is 19.8 Å². The van der Waals surface area contributed by atoms with E-state index in [9.17, 15) is 13.2 Å². The Balaban J connectivity index is 0.00000261. The monoisotopic (exact) mass is 419 g/mol. The van der Waals surface area contributed by atoms with Gasteiger partial charge in [0.05, 0.1) is 4.90 Å². The highest BCUT2D eigenvalue weighted by atomic mass is 35.5. The molecule has 27 heavy (non-hydrogen) atoms. The number of hydrogen-bond donors (Lipinski definition) is 2. The molecule has 152 valence electrons. The van der Waals surface area contributed by atoms with Crippen LogP contribution >= 0.6 is 12.4 Å². The molecule has 1 saturated heterocycles. The van der Waals surface area contributed by atoms with Crippen molar-refractivity contribution in [3.05, 3.63) is 18.2 Å². The lowest BCUT2D eigenvalue weighted by Crippen LogP contribution is -2.46. The first-order valence-corrected chi connectivity index (χ1v) is 10.3. The Morgan fingerprint density at radius 1 is 1.26 bits per heavy atom. The molecule has 0 aromatic heterocycles. The van der Waals surface area contributed by atoms with Gasteiger partial charge in [-0.1, -0.05) is 0 Å². The predicted molar refractivity (Wildman–Crippen MR) is 103 cm³/mol. The second-order valence-electron chi connectivity index (χ2n) is 6.63. The summed E-state index contributed by atoms with van der Waals surface area (Å²) in [5.41, 5.74) is 5.52. The Labute approximate surface area is 165 Å². The molecule has 8 nitrogen and oxygen atoms in total. The molecular weight excluding hydrogens is 394 g/mol. The van der Waals surface area contributed by atoms with Gasteiger partial charge >= 0.3 is 0 Å². The molecule has 2 aliphatic rings. The Hall–Kier alpha value is -1.55. The van der Waals surface area contributed by atoms with Gasteiger partial charge in [0.2, 0.25) is 15.9 Å². The van der Waals surface area contributed by atoms with E-state index >= 15 is 0 Å². The maximum atomic E-state index is 12.9. The van der Waals surface area contributed by atoms with E-state index in [0.717, 1.165) is 0 Å². The first kappa shape index (κ1) is 21.7. The number of ether oxygens (including phenoxy) is 2. The van der Waals surface area contributed by atoms with Crippen molar-refractivity contribution in [2.75, 3.05) is 32.8 Å². The number of nitrogens with two attached hydrogens (primary N) is 1. The van der Waals surface area contributed by atoms with E-state index < -0.39 is 10.0 Å². The standard InChI is InChI=1S/C17H25N3O5S.ClH/c1-12(11-18)19-17(21)13-4-6-20(7-5-13)26(22,23)14-2-3-15-16(10-14)25-9-8-24-15;/h2-3,10,12-13H,4-9,11,18H2,1H3,(H,19,21);1H/t12-;/m0./s1. The summed E-state index contributed by atoms with van der Waals surface area (Å²) < 4.78 is 38.1. The SMILES string of the molecule is C[C@@H](CN)NC(=O)C1CCN(S(=O)(=O)c2ccc3c(c2)OCCO3)CC1.Cl. The highest BCUT2D eigenvalue weighted by molar-refractivity contribution is 7.89. The van der Waals surface area contributed by atoms with Crippen LogP contribution in [-0.2, 0) is 14.8 Å². The van der Waals surface area contributed by atoms with Crippen molar-refractivity contribution >= 4 is 28.3 Å². The minimum atomic E-state index is -3.63. The number of amides is 1. The third-order valence-corrected chi connectivity index (χ3v) is 6.61. The van der Waals surface area contributed by atoms with Crippen LogP contribution in [0.25, 0.3) is 0 Å². The van der Waals surface area contributed by atoms with Crippen molar-refractivity contribution in [1.82, 2.24) is 9.62 Å². The van der Waals surface area contributed by atoms with Gasteiger partial charge in [-0.3, -0.25) is 4.79 Å². The van der Waals surface area contributed by atoms with E-state index in [1.807, 2.05) is 6.92 Å². The molecular formula is C17H26ClN3O5S. The largest absolute Gasteiger partial charge is 0.486 e. The van der Waals surface area contributed by atoms with Crippen LogP contribution in [0.4, 0.5) is 0 Å². The molecule has 3 N–H and O–H groups in total. The highest BCUT2D eigenvalue weighted by Crippen LogP contribution is 2.34. The van der Waals surface area contributed by atoms with Gasteiger partial charge in [-0.05, 0) is 31.9 Å². The molecule has 0 spiro atoms. The summed E-state index contributed by atoms with van der Waals surface area (Å²) in [5.74, 6) is 0.761. The van der Waals surface area contributed by atoms with Gasteiger partial charge in [-0.2, -0.15) is 4.31 Å². The van der Waals surface area contributed by atoms with Gasteiger partial charge in [0.15, 0.2) is 11.5 Å². The molecule has 0 bridgehead atoms. The zero-order valence-corrected chi connectivity index (χ0v) is 16.9. The smallest absolute Gasteiger partial charge is 0.243 e. The van der Waals surface area contributed by atoms with Crippen molar-refractivity contribution in [3.63, 3.8) is 0 Å². The van der Waals surface area contributed by atoms with Crippen molar-refractivity contribution in [2.45, 2.75) is 30.7 Å². The number of hydrogen-bond acceptors (Lipinski definition) is 6. The van der Waals surface area contributed by atoms with Crippen molar-refractivity contribution in [1.29, 1.82) is 0 Å². The number of nitrogens with one attached hydrogen (secondary N) is 1. The molecule has 0 unspecified atom stereocenters. The van der Waals surface area contributed by atoms with E-state index in [1.54, 1.807) is 6.07 Å². The number of fused-ring (bicyclic) bond motifs is 1. The van der Waals surface area contributed by atoms with Crippen LogP contribution in [0.5, 0.6) is 11.5 Å². The summed E-state index contributed by atoms with van der Waals surface area (Å²) in [5, 5.41) is 2.86. The van der Waals surface area contributed by atoms with Crippen LogP contribution in [0.3, 0.4) is 0 Å². The molecule has 10 heteroatoms. The van der Waals surface area contributed by atoms with Crippen LogP contribution < -0.4 is 20.5 Å². The Morgan fingerprint density at radius 3 is 2.52 bits per heavy atom. The topological polar surface area (TPSA) is 111 Å². The molecule has 0 saturated carbocycles. The third-order valence-electron chi connectivity index (χ3n) is 4.72. The van der Waals surface area contributed by atoms with Gasteiger partial charge in [0.25, 0.3) is 0 Å². The van der Waals surface area contributed by atoms with Crippen LogP contribution in [0.15, 0.2) is 23.1 Å². The highest BCUT2D eigenvalue weighted by Gasteiger charge is 2.33. The fourth-order valence-corrected chi connectivity index (χ4v) is 4.60. The van der Waals surface area contributed by atoms with Crippen LogP contribution in [0, 0.1) is 5.92 Å². The molecule has 1 fully saturated rings. The normalized spacial score (nSPS) is 19.0. The second-order valence-corrected chi connectivity index (χ2v) is 8.57. The van der Waals surface area contributed by atoms with Crippen molar-refractivity contribution in [2.24, 2.45) is 11.7 Å². The van der Waals surface area contributed by atoms with E-state index in [-0.39, 0.29) is 35.2 Å². The van der Waals surface area contributed by atoms with Crippen LogP contribution in [-0.4, -0.2) is 57.5 Å². The Bertz CT molecular complexity index is 766. The average molecular weight is 420 g/mol. The Kier molecular flexibility index (Phi) is 7.32. The third kappa shape index (κ3) is 4.84. The van der Waals surface area contributed by atoms with Gasteiger partial charge in [0.1, 0.15) is 13.2 Å². The van der Waals surface area contributed by atoms with Gasteiger partial charge in [-0.25, -0.2) is 8.42 Å². The number of piperidine rings is 1. The van der Waals surface area contributed by atoms with Crippen molar-refractivity contribution in [3.8, 4) is 11.5 Å². The van der Waals surface area contributed by atoms with E-state index in [2.05, 4.69) is 5.32 Å². The molecule has 0 radical (unpaired) electrons. The zero-order chi connectivity index (χ0) is 18.7. The van der Waals surface area contributed by atoms with E-state index in [1.165, 1.54) is 16.4 Å². The number of benzene rings is 1. The summed E-state index contributed by atoms with van der Waals surface area (Å²) in [4.78, 5) is 12.4. The second kappa shape index (κ2) is 9.09. The summed E-state index contributed by atoms with van der Waals surface area (Å²) >= 11 is 0. The number of halogens is 1. The molecule has 1 aromatic rings. The maximum absolute atomic E-state index is 12.9. The van der Waals surface area contributed by atoms with Gasteiger partial charge in [0, 0.05) is 37.7 Å². The number of carbonyl (C=O) groups excluding carboxylic acids is 1. The zero-order valence-electron chi connectivity index (χ0n) is 15.2. The molecule has 1 amide bonds. The molecule has 3 rings (SSSR count). The fraction of sp³-hybridized carbons (Fsp3) is 0.588. The van der Waals surface area contributed by atoms with Crippen LogP contribution in [0.2, 0.25) is 0 Å². The minimum absolute atomic E-state index is 0.